The lowest BCUT2D eigenvalue weighted by atomic mass is 9.95. The maximum absolute atomic E-state index is 5.83. The number of nitrogens with one attached hydrogen (secondary N) is 1. The number of ether oxygens (including phenoxy) is 2. The molecule has 166 valence electrons. The molecule has 2 aliphatic rings. The average Bonchev–Trinajstić information content (AvgIpc) is 3.18. The Morgan fingerprint density at radius 1 is 1.07 bits per heavy atom. The van der Waals surface area contributed by atoms with E-state index >= 15 is 0 Å². The summed E-state index contributed by atoms with van der Waals surface area (Å²) in [5.74, 6) is 4.51. The fraction of sp³-hybridized carbons (Fsp3) is 0.636. The van der Waals surface area contributed by atoms with Crippen molar-refractivity contribution < 1.29 is 9.47 Å². The molecule has 0 bridgehead atoms. The van der Waals surface area contributed by atoms with Crippen LogP contribution in [0, 0.1) is 0 Å². The van der Waals surface area contributed by atoms with Gasteiger partial charge in [-0.15, -0.1) is 22.6 Å². The van der Waals surface area contributed by atoms with Gasteiger partial charge in [0, 0.05) is 25.6 Å². The van der Waals surface area contributed by atoms with Gasteiger partial charge in [-0.1, -0.05) is 13.0 Å². The van der Waals surface area contributed by atoms with Crippen LogP contribution in [0.1, 0.15) is 56.2 Å². The van der Waals surface area contributed by atoms with Crippen LogP contribution in [0.15, 0.2) is 18.2 Å². The molecule has 8 heteroatoms. The first kappa shape index (κ1) is 22.8. The van der Waals surface area contributed by atoms with E-state index in [0.29, 0.717) is 12.5 Å². The number of nitrogens with zero attached hydrogens (tertiary/aromatic N) is 4. The minimum atomic E-state index is 0. The number of hydrogen-bond acceptors (Lipinski definition) is 6. The number of halogens is 1. The van der Waals surface area contributed by atoms with Crippen molar-refractivity contribution in [3.8, 4) is 11.5 Å². The molecule has 1 aromatic heterocycles. The summed E-state index contributed by atoms with van der Waals surface area (Å²) in [4.78, 5) is 2.53. The maximum Gasteiger partial charge on any atom is 0.161 e. The molecule has 30 heavy (non-hydrogen) atoms. The summed E-state index contributed by atoms with van der Waals surface area (Å²) < 4.78 is 14.0. The van der Waals surface area contributed by atoms with Crippen molar-refractivity contribution in [2.24, 2.45) is 0 Å². The summed E-state index contributed by atoms with van der Waals surface area (Å²) >= 11 is 0. The minimum absolute atomic E-state index is 0. The second kappa shape index (κ2) is 11.0. The van der Waals surface area contributed by atoms with E-state index in [1.165, 1.54) is 11.4 Å². The van der Waals surface area contributed by atoms with Crippen LogP contribution in [0.4, 0.5) is 0 Å². The molecule has 0 atom stereocenters. The van der Waals surface area contributed by atoms with Crippen LogP contribution in [-0.4, -0.2) is 52.5 Å². The smallest absolute Gasteiger partial charge is 0.161 e. The zero-order valence-corrected chi connectivity index (χ0v) is 18.9. The van der Waals surface area contributed by atoms with Crippen LogP contribution in [-0.2, 0) is 19.6 Å². The number of hydrogen-bond donors (Lipinski definition) is 1. The van der Waals surface area contributed by atoms with E-state index in [1.54, 1.807) is 0 Å². The Balaban J connectivity index is 0.00000256. The SMILES string of the molecule is CCCOc1ccc(CN2CCC(c3nnc4n3CCNC4)CC2)cc1OCC.Cl. The highest BCUT2D eigenvalue weighted by Gasteiger charge is 2.27. The Morgan fingerprint density at radius 3 is 2.67 bits per heavy atom. The monoisotopic (exact) mass is 435 g/mol. The highest BCUT2D eigenvalue weighted by molar-refractivity contribution is 5.85. The van der Waals surface area contributed by atoms with Crippen molar-refractivity contribution in [1.82, 2.24) is 25.0 Å². The third-order valence-electron chi connectivity index (χ3n) is 5.78. The van der Waals surface area contributed by atoms with Crippen LogP contribution in [0.25, 0.3) is 0 Å². The molecule has 3 heterocycles. The Kier molecular flexibility index (Phi) is 8.36. The van der Waals surface area contributed by atoms with Crippen molar-refractivity contribution in [2.45, 2.75) is 58.7 Å². The van der Waals surface area contributed by atoms with Crippen LogP contribution >= 0.6 is 12.4 Å². The van der Waals surface area contributed by atoms with Gasteiger partial charge in [0.15, 0.2) is 11.5 Å². The predicted octanol–water partition coefficient (Wildman–Crippen LogP) is 3.37. The fourth-order valence-corrected chi connectivity index (χ4v) is 4.27. The summed E-state index contributed by atoms with van der Waals surface area (Å²) in [6.07, 6.45) is 3.27. The van der Waals surface area contributed by atoms with Crippen molar-refractivity contribution in [3.63, 3.8) is 0 Å². The molecule has 0 amide bonds. The lowest BCUT2D eigenvalue weighted by molar-refractivity contribution is 0.199. The molecule has 0 aliphatic carbocycles. The quantitative estimate of drug-likeness (QED) is 0.685. The lowest BCUT2D eigenvalue weighted by Gasteiger charge is -2.32. The van der Waals surface area contributed by atoms with Crippen LogP contribution in [0.2, 0.25) is 0 Å². The second-order valence-electron chi connectivity index (χ2n) is 7.92. The van der Waals surface area contributed by atoms with E-state index in [0.717, 1.165) is 82.5 Å². The number of rotatable bonds is 8. The Hall–Kier alpha value is -1.83. The van der Waals surface area contributed by atoms with Gasteiger partial charge in [-0.05, 0) is 57.0 Å². The first-order chi connectivity index (χ1) is 14.3. The van der Waals surface area contributed by atoms with Gasteiger partial charge in [-0.2, -0.15) is 0 Å². The van der Waals surface area contributed by atoms with Crippen molar-refractivity contribution in [3.05, 3.63) is 35.4 Å². The van der Waals surface area contributed by atoms with Gasteiger partial charge in [0.1, 0.15) is 11.6 Å². The fourth-order valence-electron chi connectivity index (χ4n) is 4.27. The van der Waals surface area contributed by atoms with Gasteiger partial charge < -0.3 is 19.4 Å². The molecule has 2 aromatic rings. The van der Waals surface area contributed by atoms with Gasteiger partial charge >= 0.3 is 0 Å². The molecule has 4 rings (SSSR count). The summed E-state index contributed by atoms with van der Waals surface area (Å²) in [7, 11) is 0. The van der Waals surface area contributed by atoms with Gasteiger partial charge in [0.25, 0.3) is 0 Å². The maximum atomic E-state index is 5.83. The van der Waals surface area contributed by atoms with E-state index in [2.05, 4.69) is 50.1 Å². The van der Waals surface area contributed by atoms with Gasteiger partial charge in [-0.25, -0.2) is 0 Å². The molecule has 1 aromatic carbocycles. The zero-order valence-electron chi connectivity index (χ0n) is 18.1. The van der Waals surface area contributed by atoms with Gasteiger partial charge in [0.05, 0.1) is 19.8 Å². The molecular formula is C22H34ClN5O2. The molecular weight excluding hydrogens is 402 g/mol. The molecule has 1 fully saturated rings. The molecule has 0 radical (unpaired) electrons. The first-order valence-electron chi connectivity index (χ1n) is 11.0. The summed E-state index contributed by atoms with van der Waals surface area (Å²) in [6, 6.07) is 6.36. The highest BCUT2D eigenvalue weighted by atomic mass is 35.5. The van der Waals surface area contributed by atoms with Crippen molar-refractivity contribution in [2.75, 3.05) is 32.8 Å². The van der Waals surface area contributed by atoms with Gasteiger partial charge in [0.2, 0.25) is 0 Å². The lowest BCUT2D eigenvalue weighted by Crippen LogP contribution is -2.34. The number of benzene rings is 1. The molecule has 0 saturated carbocycles. The molecule has 1 saturated heterocycles. The standard InChI is InChI=1S/C22H33N5O2.ClH/c1-3-13-29-19-6-5-17(14-20(19)28-4-2)16-26-10-7-18(8-11-26)22-25-24-21-15-23-9-12-27(21)22;/h5-6,14,18,23H,3-4,7-13,15-16H2,1-2H3;1H. The summed E-state index contributed by atoms with van der Waals surface area (Å²) in [5, 5.41) is 12.3. The van der Waals surface area contributed by atoms with E-state index < -0.39 is 0 Å². The summed E-state index contributed by atoms with van der Waals surface area (Å²) in [6.45, 7) is 11.5. The average molecular weight is 436 g/mol. The van der Waals surface area contributed by atoms with E-state index in [9.17, 15) is 0 Å². The highest BCUT2D eigenvalue weighted by Crippen LogP contribution is 2.31. The zero-order chi connectivity index (χ0) is 20.1. The van der Waals surface area contributed by atoms with E-state index in [1.807, 2.05) is 6.92 Å². The molecule has 2 aliphatic heterocycles. The number of aromatic nitrogens is 3. The van der Waals surface area contributed by atoms with Crippen LogP contribution in [0.5, 0.6) is 11.5 Å². The van der Waals surface area contributed by atoms with Crippen LogP contribution in [0.3, 0.4) is 0 Å². The van der Waals surface area contributed by atoms with Crippen LogP contribution < -0.4 is 14.8 Å². The van der Waals surface area contributed by atoms with E-state index in [-0.39, 0.29) is 12.4 Å². The largest absolute Gasteiger partial charge is 0.490 e. The van der Waals surface area contributed by atoms with Gasteiger partial charge in [-0.3, -0.25) is 4.90 Å². The van der Waals surface area contributed by atoms with Crippen molar-refractivity contribution >= 4 is 12.4 Å². The number of fused-ring (bicyclic) bond motifs is 1. The third kappa shape index (κ3) is 5.25. The first-order valence-corrected chi connectivity index (χ1v) is 11.0. The molecule has 0 unspecified atom stereocenters. The minimum Gasteiger partial charge on any atom is -0.490 e. The molecule has 0 spiro atoms. The molecule has 1 N–H and O–H groups in total. The normalized spacial score (nSPS) is 17.3. The summed E-state index contributed by atoms with van der Waals surface area (Å²) in [5.41, 5.74) is 1.28. The Labute approximate surface area is 185 Å². The molecule has 7 nitrogen and oxygen atoms in total. The predicted molar refractivity (Wildman–Crippen MR) is 120 cm³/mol. The Bertz CT molecular complexity index is 805. The van der Waals surface area contributed by atoms with Crippen molar-refractivity contribution in [1.29, 1.82) is 0 Å². The number of likely N-dealkylation sites (tertiary alicyclic amines) is 1. The Morgan fingerprint density at radius 2 is 1.90 bits per heavy atom. The van der Waals surface area contributed by atoms with E-state index in [4.69, 9.17) is 9.47 Å². The third-order valence-corrected chi connectivity index (χ3v) is 5.78. The number of piperidine rings is 1. The second-order valence-corrected chi connectivity index (χ2v) is 7.92. The topological polar surface area (TPSA) is 64.4 Å².